The monoisotopic (exact) mass is 327 g/mol. The number of amides is 1. The largest absolute Gasteiger partial charge is 0.476 e. The number of hydrogen-bond donors (Lipinski definition) is 3. The summed E-state index contributed by atoms with van der Waals surface area (Å²) in [4.78, 5) is 39.8. The van der Waals surface area contributed by atoms with Crippen LogP contribution in [0.1, 0.15) is 25.9 Å². The van der Waals surface area contributed by atoms with Crippen LogP contribution in [-0.2, 0) is 6.42 Å². The lowest BCUT2D eigenvalue weighted by Crippen LogP contribution is -2.26. The first-order valence-electron chi connectivity index (χ1n) is 5.81. The molecule has 3 N–H and O–H groups in total. The van der Waals surface area contributed by atoms with Crippen molar-refractivity contribution in [2.24, 2.45) is 0 Å². The van der Waals surface area contributed by atoms with Gasteiger partial charge < -0.3 is 15.4 Å². The minimum absolute atomic E-state index is 0.00579. The van der Waals surface area contributed by atoms with Gasteiger partial charge in [-0.15, -0.1) is 11.3 Å². The minimum Gasteiger partial charge on any atom is -0.476 e. The summed E-state index contributed by atoms with van der Waals surface area (Å²) in [6.45, 7) is 0.294. The van der Waals surface area contributed by atoms with E-state index in [0.717, 1.165) is 0 Å². The molecule has 0 aliphatic carbocycles. The number of rotatable bonds is 5. The third-order valence-electron chi connectivity index (χ3n) is 2.52. The quantitative estimate of drug-likeness (QED) is 0.762. The Balaban J connectivity index is 1.90. The van der Waals surface area contributed by atoms with Crippen molar-refractivity contribution in [1.82, 2.24) is 15.3 Å². The van der Waals surface area contributed by atoms with Gasteiger partial charge in [0.15, 0.2) is 5.69 Å². The second-order valence-electron chi connectivity index (χ2n) is 4.00. The number of halogens is 1. The third kappa shape index (κ3) is 3.89. The number of carbonyl (C=O) groups excluding carboxylic acids is 1. The highest BCUT2D eigenvalue weighted by Gasteiger charge is 2.10. The number of pyridine rings is 1. The molecule has 7 nitrogen and oxygen atoms in total. The van der Waals surface area contributed by atoms with Crippen LogP contribution >= 0.6 is 22.9 Å². The van der Waals surface area contributed by atoms with Gasteiger partial charge in [0.1, 0.15) is 5.02 Å². The fraction of sp³-hybridized carbons (Fsp3) is 0.167. The number of carbonyl (C=O) groups is 2. The molecule has 0 aliphatic heterocycles. The molecule has 9 heteroatoms. The molecule has 0 saturated heterocycles. The van der Waals surface area contributed by atoms with Crippen molar-refractivity contribution in [1.29, 1.82) is 0 Å². The fourth-order valence-corrected chi connectivity index (χ4v) is 2.44. The van der Waals surface area contributed by atoms with Crippen LogP contribution in [0, 0.1) is 0 Å². The SMILES string of the molecule is O=C(NCCc1nc(C(=O)O)cs1)c1c[nH]c(=O)c(Cl)c1. The van der Waals surface area contributed by atoms with Crippen molar-refractivity contribution in [3.63, 3.8) is 0 Å². The van der Waals surface area contributed by atoms with E-state index in [0.29, 0.717) is 18.0 Å². The standard InChI is InChI=1S/C12H10ClN3O4S/c13-7-3-6(4-15-11(7)18)10(17)14-2-1-9-16-8(5-21-9)12(19)20/h3-5H,1-2H2,(H,14,17)(H,15,18)(H,19,20). The van der Waals surface area contributed by atoms with Crippen molar-refractivity contribution in [2.45, 2.75) is 6.42 Å². The first kappa shape index (κ1) is 15.2. The highest BCUT2D eigenvalue weighted by Crippen LogP contribution is 2.10. The Kier molecular flexibility index (Phi) is 4.71. The van der Waals surface area contributed by atoms with Gasteiger partial charge in [-0.1, -0.05) is 11.6 Å². The smallest absolute Gasteiger partial charge is 0.355 e. The van der Waals surface area contributed by atoms with Crippen LogP contribution in [0.4, 0.5) is 0 Å². The highest BCUT2D eigenvalue weighted by atomic mass is 35.5. The maximum atomic E-state index is 11.8. The van der Waals surface area contributed by atoms with Gasteiger partial charge in [0.05, 0.1) is 10.6 Å². The van der Waals surface area contributed by atoms with Crippen LogP contribution in [0.15, 0.2) is 22.4 Å². The Morgan fingerprint density at radius 3 is 2.86 bits per heavy atom. The lowest BCUT2D eigenvalue weighted by molar-refractivity contribution is 0.0690. The molecule has 0 bridgehead atoms. The molecule has 0 saturated carbocycles. The Bertz CT molecular complexity index is 740. The summed E-state index contributed by atoms with van der Waals surface area (Å²) in [6, 6.07) is 1.28. The number of thiazole rings is 1. The molecule has 0 spiro atoms. The van der Waals surface area contributed by atoms with Crippen molar-refractivity contribution in [3.8, 4) is 0 Å². The van der Waals surface area contributed by atoms with E-state index < -0.39 is 11.5 Å². The fourth-order valence-electron chi connectivity index (χ4n) is 1.50. The molecule has 0 unspecified atom stereocenters. The number of hydrogen-bond acceptors (Lipinski definition) is 5. The normalized spacial score (nSPS) is 10.3. The Morgan fingerprint density at radius 1 is 1.48 bits per heavy atom. The van der Waals surface area contributed by atoms with Crippen LogP contribution in [0.25, 0.3) is 0 Å². The number of aromatic carboxylic acids is 1. The van der Waals surface area contributed by atoms with Crippen LogP contribution in [0.3, 0.4) is 0 Å². The highest BCUT2D eigenvalue weighted by molar-refractivity contribution is 7.09. The zero-order valence-corrected chi connectivity index (χ0v) is 12.1. The molecule has 0 radical (unpaired) electrons. The molecule has 2 aromatic heterocycles. The van der Waals surface area contributed by atoms with Crippen LogP contribution in [0.2, 0.25) is 5.02 Å². The van der Waals surface area contributed by atoms with E-state index in [1.807, 2.05) is 0 Å². The average molecular weight is 328 g/mol. The van der Waals surface area contributed by atoms with Crippen molar-refractivity contribution < 1.29 is 14.7 Å². The van der Waals surface area contributed by atoms with Crippen LogP contribution in [-0.4, -0.2) is 33.5 Å². The number of aromatic nitrogens is 2. The predicted molar refractivity (Wildman–Crippen MR) is 77.2 cm³/mol. The van der Waals surface area contributed by atoms with Gasteiger partial charge in [0.2, 0.25) is 0 Å². The number of aromatic amines is 1. The van der Waals surface area contributed by atoms with Gasteiger partial charge in [-0.2, -0.15) is 0 Å². The molecule has 0 atom stereocenters. The minimum atomic E-state index is -1.08. The van der Waals surface area contributed by atoms with E-state index in [1.54, 1.807) is 0 Å². The molecule has 0 aliphatic rings. The first-order chi connectivity index (χ1) is 9.97. The summed E-state index contributed by atoms with van der Waals surface area (Å²) in [6.07, 6.45) is 1.69. The molecule has 1 amide bonds. The number of carboxylic acids is 1. The summed E-state index contributed by atoms with van der Waals surface area (Å²) >= 11 is 6.85. The van der Waals surface area contributed by atoms with Gasteiger partial charge >= 0.3 is 5.97 Å². The lowest BCUT2D eigenvalue weighted by Gasteiger charge is -2.03. The predicted octanol–water partition coefficient (Wildman–Crippen LogP) is 1.16. The Hall–Kier alpha value is -2.19. The van der Waals surface area contributed by atoms with E-state index in [4.69, 9.17) is 16.7 Å². The molecular weight excluding hydrogens is 318 g/mol. The van der Waals surface area contributed by atoms with Gasteiger partial charge in [0.25, 0.3) is 11.5 Å². The second kappa shape index (κ2) is 6.51. The number of nitrogens with zero attached hydrogens (tertiary/aromatic N) is 1. The molecule has 21 heavy (non-hydrogen) atoms. The summed E-state index contributed by atoms with van der Waals surface area (Å²) in [5.74, 6) is -1.47. The molecule has 0 aromatic carbocycles. The number of carboxylic acid groups (broad SMARTS) is 1. The molecule has 2 aromatic rings. The van der Waals surface area contributed by atoms with E-state index in [9.17, 15) is 14.4 Å². The van der Waals surface area contributed by atoms with Crippen molar-refractivity contribution in [3.05, 3.63) is 49.3 Å². The topological polar surface area (TPSA) is 112 Å². The molecular formula is C12H10ClN3O4S. The van der Waals surface area contributed by atoms with Gasteiger partial charge in [-0.3, -0.25) is 9.59 Å². The summed E-state index contributed by atoms with van der Waals surface area (Å²) in [7, 11) is 0. The first-order valence-corrected chi connectivity index (χ1v) is 7.07. The Morgan fingerprint density at radius 2 is 2.24 bits per heavy atom. The zero-order chi connectivity index (χ0) is 15.4. The summed E-state index contributed by atoms with van der Waals surface area (Å²) in [5.41, 5.74) is -0.226. The van der Waals surface area contributed by atoms with Crippen molar-refractivity contribution in [2.75, 3.05) is 6.54 Å². The van der Waals surface area contributed by atoms with Gasteiger partial charge in [0, 0.05) is 24.5 Å². The van der Waals surface area contributed by atoms with E-state index in [1.165, 1.54) is 29.0 Å². The zero-order valence-electron chi connectivity index (χ0n) is 10.6. The summed E-state index contributed by atoms with van der Waals surface area (Å²) in [5, 5.41) is 13.4. The molecule has 110 valence electrons. The number of H-pyrrole nitrogens is 1. The van der Waals surface area contributed by atoms with E-state index >= 15 is 0 Å². The Labute approximate surface area is 127 Å². The third-order valence-corrected chi connectivity index (χ3v) is 3.70. The van der Waals surface area contributed by atoms with Gasteiger partial charge in [-0.25, -0.2) is 9.78 Å². The van der Waals surface area contributed by atoms with Gasteiger partial charge in [-0.05, 0) is 6.07 Å². The summed E-state index contributed by atoms with van der Waals surface area (Å²) < 4.78 is 0. The van der Waals surface area contributed by atoms with E-state index in [-0.39, 0.29) is 22.2 Å². The maximum Gasteiger partial charge on any atom is 0.355 e. The number of nitrogens with one attached hydrogen (secondary N) is 2. The van der Waals surface area contributed by atoms with E-state index in [2.05, 4.69) is 15.3 Å². The molecule has 2 rings (SSSR count). The van der Waals surface area contributed by atoms with Crippen LogP contribution < -0.4 is 10.9 Å². The average Bonchev–Trinajstić information content (AvgIpc) is 2.91. The van der Waals surface area contributed by atoms with Crippen LogP contribution in [0.5, 0.6) is 0 Å². The lowest BCUT2D eigenvalue weighted by atomic mass is 10.2. The second-order valence-corrected chi connectivity index (χ2v) is 5.35. The van der Waals surface area contributed by atoms with Crippen molar-refractivity contribution >= 4 is 34.8 Å². The maximum absolute atomic E-state index is 11.8. The molecule has 0 fully saturated rings. The molecule has 2 heterocycles.